The van der Waals surface area contributed by atoms with Crippen LogP contribution < -0.4 is 11.1 Å². The zero-order chi connectivity index (χ0) is 31.5. The molecule has 3 unspecified atom stereocenters. The number of hydrogen-bond donors (Lipinski definition) is 4. The molecule has 1 amide bonds. The Hall–Kier alpha value is -3.44. The van der Waals surface area contributed by atoms with Gasteiger partial charge in [0.25, 0.3) is 0 Å². The molecule has 3 saturated heterocycles. The summed E-state index contributed by atoms with van der Waals surface area (Å²) in [6, 6.07) is 0. The van der Waals surface area contributed by atoms with E-state index in [0.717, 1.165) is 0 Å². The van der Waals surface area contributed by atoms with Crippen molar-refractivity contribution in [2.24, 2.45) is 0 Å². The molecule has 16 nitrogen and oxygen atoms in total. The third kappa shape index (κ3) is 7.26. The van der Waals surface area contributed by atoms with E-state index >= 15 is 0 Å². The van der Waals surface area contributed by atoms with Crippen molar-refractivity contribution < 1.29 is 37.7 Å². The van der Waals surface area contributed by atoms with Gasteiger partial charge in [-0.2, -0.15) is 0 Å². The van der Waals surface area contributed by atoms with Crippen molar-refractivity contribution in [3.8, 4) is 24.2 Å². The van der Waals surface area contributed by atoms with E-state index in [-0.39, 0.29) is 55.9 Å². The molecule has 17 heteroatoms. The molecule has 0 aromatic carbocycles. The SMILES string of the molecule is C#CCCC(=N)CC(=O)NCC#Cc1nc(N)c2ncn([C@H]3O[C@@H](COP(=O)(O)N4CCOCC4)C4OC(C)(C)OC43)c2n1. The molecule has 0 aliphatic carbocycles. The van der Waals surface area contributed by atoms with Crippen LogP contribution in [0.5, 0.6) is 0 Å². The minimum Gasteiger partial charge on any atom is -0.382 e. The number of rotatable bonds is 10. The monoisotopic (exact) mass is 630 g/mol. The standard InChI is InChI=1S/C27H35N8O8P/c1-4-5-7-17(28)14-20(36)30-9-6-8-19-32-24(29)21-25(33-19)35(16-31-21)26-23-22(42-27(2,3)43-23)18(41-26)15-40-44(37,38)34-10-12-39-13-11-34/h1,16,18,22-23,26,28H,5,7,9-15H2,2-3H3,(H,30,36)(H,37,38)(H2,29,32,33)/t18-,22?,23?,26-/m0/s1. The summed E-state index contributed by atoms with van der Waals surface area (Å²) in [4.78, 5) is 35.7. The number of anilines is 1. The number of morpholine rings is 1. The first-order valence-corrected chi connectivity index (χ1v) is 15.6. The van der Waals surface area contributed by atoms with Gasteiger partial charge in [0, 0.05) is 25.2 Å². The molecule has 5 atom stereocenters. The summed E-state index contributed by atoms with van der Waals surface area (Å²) in [5.41, 5.74) is 7.06. The van der Waals surface area contributed by atoms with E-state index in [0.29, 0.717) is 37.2 Å². The second kappa shape index (κ2) is 13.3. The van der Waals surface area contributed by atoms with Crippen LogP contribution in [0.25, 0.3) is 11.2 Å². The first-order chi connectivity index (χ1) is 21.0. The van der Waals surface area contributed by atoms with Crippen LogP contribution in [-0.4, -0.2) is 104 Å². The Kier molecular flexibility index (Phi) is 9.65. The number of hydrogen-bond acceptors (Lipinski definition) is 12. The summed E-state index contributed by atoms with van der Waals surface area (Å²) >= 11 is 0. The number of ether oxygens (including phenoxy) is 4. The Labute approximate surface area is 254 Å². The second-order valence-corrected chi connectivity index (χ2v) is 12.6. The molecule has 3 aliphatic heterocycles. The van der Waals surface area contributed by atoms with Crippen molar-refractivity contribution in [1.82, 2.24) is 29.5 Å². The Bertz CT molecular complexity index is 1560. The molecule has 2 aromatic rings. The summed E-state index contributed by atoms with van der Waals surface area (Å²) in [5.74, 6) is 6.91. The van der Waals surface area contributed by atoms with Crippen LogP contribution in [0.4, 0.5) is 5.82 Å². The molecule has 3 aliphatic rings. The summed E-state index contributed by atoms with van der Waals surface area (Å²) in [6.07, 6.45) is 4.61. The molecule has 3 fully saturated rings. The third-order valence-corrected chi connectivity index (χ3v) is 8.72. The first-order valence-electron chi connectivity index (χ1n) is 14.0. The van der Waals surface area contributed by atoms with Gasteiger partial charge in [-0.25, -0.2) is 24.2 Å². The minimum absolute atomic E-state index is 0.0123. The molecule has 0 spiro atoms. The zero-order valence-electron chi connectivity index (χ0n) is 24.4. The highest BCUT2D eigenvalue weighted by atomic mass is 31.2. The van der Waals surface area contributed by atoms with Crippen molar-refractivity contribution in [1.29, 1.82) is 5.41 Å². The predicted octanol–water partition coefficient (Wildman–Crippen LogP) is 0.566. The lowest BCUT2D eigenvalue weighted by atomic mass is 10.1. The number of amides is 1. The van der Waals surface area contributed by atoms with Crippen molar-refractivity contribution in [2.45, 2.75) is 63.4 Å². The number of imidazole rings is 1. The molecule has 236 valence electrons. The molecule has 0 bridgehead atoms. The zero-order valence-corrected chi connectivity index (χ0v) is 25.3. The minimum atomic E-state index is -4.09. The second-order valence-electron chi connectivity index (χ2n) is 10.8. The lowest BCUT2D eigenvalue weighted by Gasteiger charge is -2.30. The summed E-state index contributed by atoms with van der Waals surface area (Å²) in [7, 11) is -4.09. The quantitative estimate of drug-likeness (QED) is 0.161. The Balaban J connectivity index is 1.30. The molecule has 44 heavy (non-hydrogen) atoms. The first kappa shape index (κ1) is 32.0. The maximum atomic E-state index is 12.9. The van der Waals surface area contributed by atoms with E-state index in [4.69, 9.17) is 41.0 Å². The Morgan fingerprint density at radius 3 is 2.82 bits per heavy atom. The van der Waals surface area contributed by atoms with Crippen molar-refractivity contribution in [2.75, 3.05) is 45.2 Å². The van der Waals surface area contributed by atoms with Gasteiger partial charge in [-0.05, 0) is 26.2 Å². The number of terminal acetylenes is 1. The normalized spacial score (nSPS) is 25.9. The van der Waals surface area contributed by atoms with Crippen molar-refractivity contribution >= 4 is 36.3 Å². The van der Waals surface area contributed by atoms with Gasteiger partial charge in [0.15, 0.2) is 23.5 Å². The van der Waals surface area contributed by atoms with Crippen LogP contribution in [0.3, 0.4) is 0 Å². The third-order valence-electron chi connectivity index (χ3n) is 7.12. The average molecular weight is 631 g/mol. The van der Waals surface area contributed by atoms with Gasteiger partial charge in [0.2, 0.25) is 11.7 Å². The number of nitrogens with two attached hydrogens (primary N) is 1. The molecule has 5 heterocycles. The van der Waals surface area contributed by atoms with E-state index in [2.05, 4.69) is 38.0 Å². The van der Waals surface area contributed by atoms with E-state index in [1.807, 2.05) is 0 Å². The molecule has 0 saturated carbocycles. The summed E-state index contributed by atoms with van der Waals surface area (Å²) in [6.45, 7) is 4.55. The Morgan fingerprint density at radius 1 is 1.32 bits per heavy atom. The molecule has 2 aromatic heterocycles. The summed E-state index contributed by atoms with van der Waals surface area (Å²) in [5, 5.41) is 10.4. The van der Waals surface area contributed by atoms with Crippen LogP contribution in [-0.2, 0) is 32.8 Å². The van der Waals surface area contributed by atoms with Crippen LogP contribution in [0.1, 0.15) is 45.2 Å². The molecule has 5 N–H and O–H groups in total. The lowest BCUT2D eigenvalue weighted by Crippen LogP contribution is -2.36. The highest BCUT2D eigenvalue weighted by Crippen LogP contribution is 2.49. The lowest BCUT2D eigenvalue weighted by molar-refractivity contribution is -0.199. The number of fused-ring (bicyclic) bond motifs is 2. The fourth-order valence-electron chi connectivity index (χ4n) is 5.09. The van der Waals surface area contributed by atoms with Gasteiger partial charge < -0.3 is 40.3 Å². The number of nitrogens with zero attached hydrogens (tertiary/aromatic N) is 5. The van der Waals surface area contributed by atoms with E-state index in [1.165, 1.54) is 11.0 Å². The molecule has 0 radical (unpaired) electrons. The van der Waals surface area contributed by atoms with Gasteiger partial charge in [-0.1, -0.05) is 5.92 Å². The van der Waals surface area contributed by atoms with Crippen molar-refractivity contribution in [3.63, 3.8) is 0 Å². The Morgan fingerprint density at radius 2 is 2.07 bits per heavy atom. The molecular formula is C27H35N8O8P. The van der Waals surface area contributed by atoms with Gasteiger partial charge in [-0.3, -0.25) is 13.9 Å². The fourth-order valence-corrected chi connectivity index (χ4v) is 6.26. The number of nitrogens with one attached hydrogen (secondary N) is 2. The number of carbonyl (C=O) groups excluding carboxylic acids is 1. The highest BCUT2D eigenvalue weighted by Gasteiger charge is 2.56. The predicted molar refractivity (Wildman–Crippen MR) is 156 cm³/mol. The maximum absolute atomic E-state index is 12.9. The van der Waals surface area contributed by atoms with Gasteiger partial charge >= 0.3 is 7.75 Å². The van der Waals surface area contributed by atoms with E-state index in [9.17, 15) is 14.3 Å². The van der Waals surface area contributed by atoms with Gasteiger partial charge in [0.1, 0.15) is 23.8 Å². The van der Waals surface area contributed by atoms with Crippen LogP contribution >= 0.6 is 7.75 Å². The van der Waals surface area contributed by atoms with E-state index < -0.39 is 38.1 Å². The highest BCUT2D eigenvalue weighted by molar-refractivity contribution is 7.50. The topological polar surface area (TPSA) is 209 Å². The van der Waals surface area contributed by atoms with E-state index in [1.54, 1.807) is 18.4 Å². The molecular weight excluding hydrogens is 595 g/mol. The number of carbonyl (C=O) groups is 1. The van der Waals surface area contributed by atoms with Gasteiger partial charge in [-0.15, -0.1) is 12.3 Å². The smallest absolute Gasteiger partial charge is 0.382 e. The van der Waals surface area contributed by atoms with Crippen LogP contribution in [0, 0.1) is 29.6 Å². The van der Waals surface area contributed by atoms with Gasteiger partial charge in [0.05, 0.1) is 39.1 Å². The fraction of sp³-hybridized carbons (Fsp3) is 0.593. The maximum Gasteiger partial charge on any atom is 0.405 e. The average Bonchev–Trinajstić information content (AvgIpc) is 3.64. The van der Waals surface area contributed by atoms with Crippen LogP contribution in [0.15, 0.2) is 6.33 Å². The molecule has 5 rings (SSSR count). The van der Waals surface area contributed by atoms with Crippen LogP contribution in [0.2, 0.25) is 0 Å². The van der Waals surface area contributed by atoms with Crippen molar-refractivity contribution in [3.05, 3.63) is 12.2 Å². The number of nitrogen functional groups attached to an aromatic ring is 1. The largest absolute Gasteiger partial charge is 0.405 e. The number of aromatic nitrogens is 4. The summed E-state index contributed by atoms with van der Waals surface area (Å²) < 4.78 is 45.2.